The first-order valence-corrected chi connectivity index (χ1v) is 9.66. The van der Waals surface area contributed by atoms with E-state index in [1.807, 2.05) is 6.92 Å². The molecule has 0 aliphatic heterocycles. The van der Waals surface area contributed by atoms with Crippen LogP contribution in [-0.2, 0) is 16.2 Å². The number of sulfonamides is 1. The number of unbranched alkanes of at least 4 members (excludes halogenated alkanes) is 1. The van der Waals surface area contributed by atoms with Gasteiger partial charge in [0.2, 0.25) is 0 Å². The van der Waals surface area contributed by atoms with Crippen LogP contribution in [0.15, 0.2) is 47.4 Å². The molecule has 0 aliphatic carbocycles. The van der Waals surface area contributed by atoms with Crippen LogP contribution in [0.1, 0.15) is 25.3 Å². The molecule has 1 N–H and O–H groups in total. The summed E-state index contributed by atoms with van der Waals surface area (Å²) >= 11 is 0. The van der Waals surface area contributed by atoms with Gasteiger partial charge < -0.3 is 9.47 Å². The smallest absolute Gasteiger partial charge is 0.416 e. The zero-order valence-corrected chi connectivity index (χ0v) is 15.7. The van der Waals surface area contributed by atoms with Crippen LogP contribution < -0.4 is 14.2 Å². The van der Waals surface area contributed by atoms with Crippen LogP contribution in [0.4, 0.5) is 18.9 Å². The molecule has 2 aromatic carbocycles. The Hall–Kier alpha value is -2.42. The number of rotatable bonds is 8. The maximum absolute atomic E-state index is 12.9. The van der Waals surface area contributed by atoms with Crippen molar-refractivity contribution in [1.82, 2.24) is 0 Å². The van der Waals surface area contributed by atoms with Gasteiger partial charge in [0.1, 0.15) is 11.5 Å². The Morgan fingerprint density at radius 3 is 2.30 bits per heavy atom. The van der Waals surface area contributed by atoms with E-state index in [0.29, 0.717) is 18.4 Å². The SMILES string of the molecule is CCCCOc1ccc(S(=O)(=O)Nc2cc(C(F)(F)F)ccc2OC)cc1. The number of halogens is 3. The molecule has 0 amide bonds. The molecule has 0 unspecified atom stereocenters. The van der Waals surface area contributed by atoms with Crippen molar-refractivity contribution in [3.05, 3.63) is 48.0 Å². The number of methoxy groups -OCH3 is 1. The normalized spacial score (nSPS) is 11.9. The number of hydrogen-bond donors (Lipinski definition) is 1. The second-order valence-electron chi connectivity index (χ2n) is 5.69. The van der Waals surface area contributed by atoms with E-state index in [2.05, 4.69) is 4.72 Å². The lowest BCUT2D eigenvalue weighted by Crippen LogP contribution is -2.15. The van der Waals surface area contributed by atoms with Crippen LogP contribution in [0.5, 0.6) is 11.5 Å². The Morgan fingerprint density at radius 1 is 1.07 bits per heavy atom. The summed E-state index contributed by atoms with van der Waals surface area (Å²) in [6.45, 7) is 2.54. The topological polar surface area (TPSA) is 64.6 Å². The molecular formula is C18H20F3NO4S. The highest BCUT2D eigenvalue weighted by Crippen LogP contribution is 2.35. The molecule has 2 rings (SSSR count). The molecule has 148 valence electrons. The minimum Gasteiger partial charge on any atom is -0.495 e. The minimum absolute atomic E-state index is 0.0221. The molecule has 0 aromatic heterocycles. The minimum atomic E-state index is -4.61. The highest BCUT2D eigenvalue weighted by molar-refractivity contribution is 7.92. The second-order valence-corrected chi connectivity index (χ2v) is 7.37. The molecule has 0 radical (unpaired) electrons. The lowest BCUT2D eigenvalue weighted by atomic mass is 10.2. The zero-order valence-electron chi connectivity index (χ0n) is 14.8. The van der Waals surface area contributed by atoms with E-state index in [0.717, 1.165) is 25.0 Å². The largest absolute Gasteiger partial charge is 0.495 e. The summed E-state index contributed by atoms with van der Waals surface area (Å²) in [5.74, 6) is 0.491. The van der Waals surface area contributed by atoms with E-state index in [1.165, 1.54) is 31.4 Å². The monoisotopic (exact) mass is 403 g/mol. The molecule has 0 saturated heterocycles. The van der Waals surface area contributed by atoms with Gasteiger partial charge >= 0.3 is 6.18 Å². The summed E-state index contributed by atoms with van der Waals surface area (Å²) in [5.41, 5.74) is -1.28. The summed E-state index contributed by atoms with van der Waals surface area (Å²) in [6.07, 6.45) is -2.77. The average Bonchev–Trinajstić information content (AvgIpc) is 2.61. The van der Waals surface area contributed by atoms with Gasteiger partial charge in [0.15, 0.2) is 0 Å². The van der Waals surface area contributed by atoms with Gasteiger partial charge in [-0.2, -0.15) is 13.2 Å². The number of ether oxygens (including phenoxy) is 2. The van der Waals surface area contributed by atoms with E-state index in [1.54, 1.807) is 0 Å². The third-order valence-corrected chi connectivity index (χ3v) is 5.05. The van der Waals surface area contributed by atoms with Gasteiger partial charge in [-0.3, -0.25) is 4.72 Å². The lowest BCUT2D eigenvalue weighted by molar-refractivity contribution is -0.137. The highest BCUT2D eigenvalue weighted by atomic mass is 32.2. The third kappa shape index (κ3) is 5.53. The number of benzene rings is 2. The number of hydrogen-bond acceptors (Lipinski definition) is 4. The van der Waals surface area contributed by atoms with Crippen molar-refractivity contribution >= 4 is 15.7 Å². The standard InChI is InChI=1S/C18H20F3NO4S/c1-3-4-11-26-14-6-8-15(9-7-14)27(23,24)22-16-12-13(18(19,20)21)5-10-17(16)25-2/h5-10,12,22H,3-4,11H2,1-2H3. The second kappa shape index (κ2) is 8.51. The Balaban J connectivity index is 2.25. The Kier molecular flexibility index (Phi) is 6.59. The Bertz CT molecular complexity index is 865. The van der Waals surface area contributed by atoms with E-state index in [9.17, 15) is 21.6 Å². The van der Waals surface area contributed by atoms with Gasteiger partial charge in [-0.25, -0.2) is 8.42 Å². The van der Waals surface area contributed by atoms with E-state index in [-0.39, 0.29) is 16.3 Å². The fourth-order valence-electron chi connectivity index (χ4n) is 2.22. The van der Waals surface area contributed by atoms with Crippen LogP contribution in [0.3, 0.4) is 0 Å². The molecular weight excluding hydrogens is 383 g/mol. The fraction of sp³-hybridized carbons (Fsp3) is 0.333. The summed E-state index contributed by atoms with van der Waals surface area (Å²) in [4.78, 5) is -0.107. The highest BCUT2D eigenvalue weighted by Gasteiger charge is 2.31. The summed E-state index contributed by atoms with van der Waals surface area (Å²) < 4.78 is 76.3. The maximum atomic E-state index is 12.9. The van der Waals surface area contributed by atoms with Gasteiger partial charge in [-0.05, 0) is 48.9 Å². The van der Waals surface area contributed by atoms with Crippen molar-refractivity contribution in [3.63, 3.8) is 0 Å². The Labute approximate surface area is 156 Å². The van der Waals surface area contributed by atoms with Crippen LogP contribution in [-0.4, -0.2) is 22.1 Å². The molecule has 0 atom stereocenters. The van der Waals surface area contributed by atoms with Crippen molar-refractivity contribution in [2.45, 2.75) is 30.8 Å². The first-order valence-electron chi connectivity index (χ1n) is 8.18. The molecule has 0 saturated carbocycles. The Morgan fingerprint density at radius 2 is 1.74 bits per heavy atom. The van der Waals surface area contributed by atoms with Gasteiger partial charge in [0.05, 0.1) is 29.9 Å². The molecule has 5 nitrogen and oxygen atoms in total. The first-order chi connectivity index (χ1) is 12.7. The quantitative estimate of drug-likeness (QED) is 0.650. The van der Waals surface area contributed by atoms with Gasteiger partial charge in [0, 0.05) is 0 Å². The average molecular weight is 403 g/mol. The molecule has 0 bridgehead atoms. The molecule has 9 heteroatoms. The summed E-state index contributed by atoms with van der Waals surface area (Å²) in [5, 5.41) is 0. The molecule has 0 spiro atoms. The van der Waals surface area contributed by atoms with Crippen molar-refractivity contribution in [2.24, 2.45) is 0 Å². The first kappa shape index (κ1) is 20.9. The molecule has 0 fully saturated rings. The number of anilines is 1. The third-order valence-electron chi connectivity index (χ3n) is 3.67. The predicted octanol–water partition coefficient (Wildman–Crippen LogP) is 4.69. The van der Waals surface area contributed by atoms with E-state index >= 15 is 0 Å². The van der Waals surface area contributed by atoms with Crippen molar-refractivity contribution < 1.29 is 31.1 Å². The van der Waals surface area contributed by atoms with Crippen LogP contribution in [0.25, 0.3) is 0 Å². The fourth-order valence-corrected chi connectivity index (χ4v) is 3.28. The van der Waals surface area contributed by atoms with Crippen molar-refractivity contribution in [2.75, 3.05) is 18.4 Å². The maximum Gasteiger partial charge on any atom is 0.416 e. The van der Waals surface area contributed by atoms with Crippen LogP contribution >= 0.6 is 0 Å². The molecule has 2 aromatic rings. The van der Waals surface area contributed by atoms with Crippen molar-refractivity contribution in [1.29, 1.82) is 0 Å². The van der Waals surface area contributed by atoms with E-state index < -0.39 is 21.8 Å². The molecule has 0 aliphatic rings. The lowest BCUT2D eigenvalue weighted by Gasteiger charge is -2.15. The summed E-state index contributed by atoms with van der Waals surface area (Å²) in [7, 11) is -2.86. The van der Waals surface area contributed by atoms with Gasteiger partial charge in [-0.15, -0.1) is 0 Å². The van der Waals surface area contributed by atoms with E-state index in [4.69, 9.17) is 9.47 Å². The number of nitrogens with one attached hydrogen (secondary N) is 1. The van der Waals surface area contributed by atoms with Crippen molar-refractivity contribution in [3.8, 4) is 11.5 Å². The zero-order chi connectivity index (χ0) is 20.1. The summed E-state index contributed by atoms with van der Waals surface area (Å²) in [6, 6.07) is 8.21. The number of alkyl halides is 3. The molecule has 27 heavy (non-hydrogen) atoms. The van der Waals surface area contributed by atoms with Crippen LogP contribution in [0.2, 0.25) is 0 Å². The molecule has 0 heterocycles. The van der Waals surface area contributed by atoms with Crippen LogP contribution in [0, 0.1) is 0 Å². The van der Waals surface area contributed by atoms with Gasteiger partial charge in [-0.1, -0.05) is 13.3 Å². The predicted molar refractivity (Wildman–Crippen MR) is 95.6 cm³/mol. The van der Waals surface area contributed by atoms with Gasteiger partial charge in [0.25, 0.3) is 10.0 Å².